The van der Waals surface area contributed by atoms with Crippen molar-refractivity contribution in [2.45, 2.75) is 27.7 Å². The van der Waals surface area contributed by atoms with Crippen LogP contribution >= 0.6 is 0 Å². The molecule has 0 amide bonds. The van der Waals surface area contributed by atoms with E-state index in [1.165, 1.54) is 0 Å². The molecule has 4 nitrogen and oxygen atoms in total. The van der Waals surface area contributed by atoms with Gasteiger partial charge in [-0.1, -0.05) is 13.8 Å². The summed E-state index contributed by atoms with van der Waals surface area (Å²) >= 11 is 0. The highest BCUT2D eigenvalue weighted by Crippen LogP contribution is 2.21. The zero-order valence-electron chi connectivity index (χ0n) is 10.9. The van der Waals surface area contributed by atoms with E-state index in [-0.39, 0.29) is 0 Å². The third-order valence-corrected chi connectivity index (χ3v) is 2.62. The van der Waals surface area contributed by atoms with Gasteiger partial charge in [0.15, 0.2) is 0 Å². The molecule has 17 heavy (non-hydrogen) atoms. The maximum atomic E-state index is 11.3. The molecule has 0 aromatic carbocycles. The Morgan fingerprint density at radius 3 is 2.65 bits per heavy atom. The van der Waals surface area contributed by atoms with Crippen LogP contribution in [0.3, 0.4) is 0 Å². The van der Waals surface area contributed by atoms with E-state index >= 15 is 0 Å². The average molecular weight is 236 g/mol. The summed E-state index contributed by atoms with van der Waals surface area (Å²) in [5, 5.41) is 9.26. The van der Waals surface area contributed by atoms with E-state index in [4.69, 9.17) is 0 Å². The first-order chi connectivity index (χ1) is 7.97. The first-order valence-electron chi connectivity index (χ1n) is 5.91. The summed E-state index contributed by atoms with van der Waals surface area (Å²) < 4.78 is 0. The van der Waals surface area contributed by atoms with Gasteiger partial charge < -0.3 is 10.0 Å². The highest BCUT2D eigenvalue weighted by Gasteiger charge is 2.19. The Balaban J connectivity index is 3.18. The highest BCUT2D eigenvalue weighted by atomic mass is 16.4. The number of anilines is 1. The van der Waals surface area contributed by atoms with Crippen molar-refractivity contribution in [2.75, 3.05) is 18.0 Å². The van der Waals surface area contributed by atoms with Crippen molar-refractivity contribution in [3.63, 3.8) is 0 Å². The first-order valence-corrected chi connectivity index (χ1v) is 5.91. The van der Waals surface area contributed by atoms with Crippen molar-refractivity contribution in [1.82, 2.24) is 4.98 Å². The number of rotatable bonds is 5. The second-order valence-electron chi connectivity index (χ2n) is 4.56. The van der Waals surface area contributed by atoms with E-state index in [1.54, 1.807) is 19.2 Å². The van der Waals surface area contributed by atoms with Gasteiger partial charge in [-0.15, -0.1) is 0 Å². The van der Waals surface area contributed by atoms with E-state index in [9.17, 15) is 9.90 Å². The molecule has 0 aliphatic carbocycles. The van der Waals surface area contributed by atoms with Crippen LogP contribution in [0.4, 0.5) is 5.82 Å². The Hall–Kier alpha value is -1.58. The van der Waals surface area contributed by atoms with Crippen LogP contribution in [-0.4, -0.2) is 29.1 Å². The molecule has 0 aliphatic rings. The van der Waals surface area contributed by atoms with Gasteiger partial charge in [0.2, 0.25) is 0 Å². The molecule has 0 aliphatic heterocycles. The van der Waals surface area contributed by atoms with Crippen molar-refractivity contribution in [3.8, 4) is 0 Å². The molecule has 0 atom stereocenters. The number of carbonyl (C=O) groups is 1. The molecule has 1 rings (SSSR count). The minimum atomic E-state index is -0.909. The van der Waals surface area contributed by atoms with Crippen LogP contribution in [0.25, 0.3) is 0 Å². The van der Waals surface area contributed by atoms with Gasteiger partial charge in [-0.05, 0) is 31.4 Å². The first kappa shape index (κ1) is 13.5. The summed E-state index contributed by atoms with van der Waals surface area (Å²) in [6.45, 7) is 9.61. The molecule has 0 bridgehead atoms. The summed E-state index contributed by atoms with van der Waals surface area (Å²) in [5.74, 6) is 0.139. The SMILES string of the molecule is CCN(CC(C)C)c1nccc(C)c1C(=O)O. The molecular formula is C13H20N2O2. The van der Waals surface area contributed by atoms with E-state index in [1.807, 2.05) is 11.8 Å². The monoisotopic (exact) mass is 236 g/mol. The van der Waals surface area contributed by atoms with Crippen molar-refractivity contribution < 1.29 is 9.90 Å². The number of aromatic carboxylic acids is 1. The van der Waals surface area contributed by atoms with Gasteiger partial charge in [0, 0.05) is 19.3 Å². The lowest BCUT2D eigenvalue weighted by atomic mass is 10.1. The van der Waals surface area contributed by atoms with Crippen LogP contribution in [0.5, 0.6) is 0 Å². The smallest absolute Gasteiger partial charge is 0.339 e. The zero-order valence-corrected chi connectivity index (χ0v) is 10.9. The molecule has 1 aromatic rings. The van der Waals surface area contributed by atoms with Gasteiger partial charge >= 0.3 is 5.97 Å². The summed E-state index contributed by atoms with van der Waals surface area (Å²) in [6.07, 6.45) is 1.67. The number of hydrogen-bond donors (Lipinski definition) is 1. The number of carboxylic acids is 1. The Kier molecular flexibility index (Phi) is 4.49. The van der Waals surface area contributed by atoms with Crippen LogP contribution in [-0.2, 0) is 0 Å². The fraction of sp³-hybridized carbons (Fsp3) is 0.538. The van der Waals surface area contributed by atoms with E-state index in [0.29, 0.717) is 17.3 Å². The van der Waals surface area contributed by atoms with Gasteiger partial charge in [0.05, 0.1) is 0 Å². The summed E-state index contributed by atoms with van der Waals surface area (Å²) in [4.78, 5) is 17.5. The number of nitrogens with zero attached hydrogens (tertiary/aromatic N) is 2. The number of aromatic nitrogens is 1. The Labute approximate surface area is 102 Å². The minimum Gasteiger partial charge on any atom is -0.478 e. The van der Waals surface area contributed by atoms with Crippen molar-refractivity contribution >= 4 is 11.8 Å². The molecule has 0 unspecified atom stereocenters. The minimum absolute atomic E-state index is 0.315. The molecule has 0 fully saturated rings. The van der Waals surface area contributed by atoms with Crippen LogP contribution < -0.4 is 4.90 Å². The molecular weight excluding hydrogens is 216 g/mol. The third kappa shape index (κ3) is 3.19. The number of hydrogen-bond acceptors (Lipinski definition) is 3. The summed E-state index contributed by atoms with van der Waals surface area (Å²) in [5.41, 5.74) is 1.07. The predicted octanol–water partition coefficient (Wildman–Crippen LogP) is 2.57. The Morgan fingerprint density at radius 2 is 2.18 bits per heavy atom. The number of pyridine rings is 1. The maximum Gasteiger partial charge on any atom is 0.339 e. The van der Waals surface area contributed by atoms with E-state index in [0.717, 1.165) is 18.7 Å². The van der Waals surface area contributed by atoms with Crippen LogP contribution in [0.15, 0.2) is 12.3 Å². The largest absolute Gasteiger partial charge is 0.478 e. The van der Waals surface area contributed by atoms with Gasteiger partial charge in [0.1, 0.15) is 11.4 Å². The quantitative estimate of drug-likeness (QED) is 0.853. The lowest BCUT2D eigenvalue weighted by Gasteiger charge is -2.25. The molecule has 0 saturated heterocycles. The Bertz CT molecular complexity index is 402. The summed E-state index contributed by atoms with van der Waals surface area (Å²) in [7, 11) is 0. The average Bonchev–Trinajstić information content (AvgIpc) is 2.24. The summed E-state index contributed by atoms with van der Waals surface area (Å²) in [6, 6.07) is 1.73. The van der Waals surface area contributed by atoms with Gasteiger partial charge in [-0.25, -0.2) is 9.78 Å². The molecule has 0 saturated carbocycles. The third-order valence-electron chi connectivity index (χ3n) is 2.62. The maximum absolute atomic E-state index is 11.3. The van der Waals surface area contributed by atoms with E-state index < -0.39 is 5.97 Å². The zero-order chi connectivity index (χ0) is 13.0. The standard InChI is InChI=1S/C13H20N2O2/c1-5-15(8-9(2)3)12-11(13(16)17)10(4)6-7-14-12/h6-7,9H,5,8H2,1-4H3,(H,16,17). The molecule has 94 valence electrons. The second kappa shape index (κ2) is 5.66. The highest BCUT2D eigenvalue weighted by molar-refractivity contribution is 5.94. The molecule has 1 heterocycles. The Morgan fingerprint density at radius 1 is 1.53 bits per heavy atom. The van der Waals surface area contributed by atoms with Gasteiger partial charge in [-0.2, -0.15) is 0 Å². The normalized spacial score (nSPS) is 10.6. The predicted molar refractivity (Wildman–Crippen MR) is 68.7 cm³/mol. The van der Waals surface area contributed by atoms with Gasteiger partial charge in [0.25, 0.3) is 0 Å². The lowest BCUT2D eigenvalue weighted by molar-refractivity contribution is 0.0696. The lowest BCUT2D eigenvalue weighted by Crippen LogP contribution is -2.30. The van der Waals surface area contributed by atoms with Crippen molar-refractivity contribution in [1.29, 1.82) is 0 Å². The molecule has 4 heteroatoms. The number of aryl methyl sites for hydroxylation is 1. The molecule has 1 N–H and O–H groups in total. The van der Waals surface area contributed by atoms with Crippen molar-refractivity contribution in [3.05, 3.63) is 23.4 Å². The fourth-order valence-electron chi connectivity index (χ4n) is 1.85. The molecule has 0 spiro atoms. The van der Waals surface area contributed by atoms with Crippen LogP contribution in [0.1, 0.15) is 36.7 Å². The molecule has 0 radical (unpaired) electrons. The fourth-order valence-corrected chi connectivity index (χ4v) is 1.85. The van der Waals surface area contributed by atoms with E-state index in [2.05, 4.69) is 18.8 Å². The van der Waals surface area contributed by atoms with Crippen molar-refractivity contribution in [2.24, 2.45) is 5.92 Å². The van der Waals surface area contributed by atoms with Gasteiger partial charge in [-0.3, -0.25) is 0 Å². The van der Waals surface area contributed by atoms with Crippen LogP contribution in [0, 0.1) is 12.8 Å². The second-order valence-corrected chi connectivity index (χ2v) is 4.56. The molecule has 1 aromatic heterocycles. The van der Waals surface area contributed by atoms with Crippen LogP contribution in [0.2, 0.25) is 0 Å². The topological polar surface area (TPSA) is 53.4 Å². The number of carboxylic acid groups (broad SMARTS) is 1.